The van der Waals surface area contributed by atoms with Crippen molar-refractivity contribution in [1.82, 2.24) is 9.21 Å². The molecule has 4 aliphatic carbocycles. The summed E-state index contributed by atoms with van der Waals surface area (Å²) in [5.74, 6) is 2.80. The predicted octanol–water partition coefficient (Wildman–Crippen LogP) is 2.84. The van der Waals surface area contributed by atoms with Gasteiger partial charge in [-0.1, -0.05) is 6.07 Å². The third-order valence-electron chi connectivity index (χ3n) is 7.42. The normalized spacial score (nSPS) is 37.0. The lowest BCUT2D eigenvalue weighted by Gasteiger charge is -2.56. The van der Waals surface area contributed by atoms with E-state index in [0.29, 0.717) is 42.7 Å². The van der Waals surface area contributed by atoms with Crippen LogP contribution in [-0.2, 0) is 14.8 Å². The lowest BCUT2D eigenvalue weighted by Crippen LogP contribution is -2.55. The number of carbonyl (C=O) groups is 1. The number of ketones is 1. The number of carbonyl (C=O) groups excluding carboxylic acids is 1. The van der Waals surface area contributed by atoms with Crippen molar-refractivity contribution < 1.29 is 13.2 Å². The number of nitrogens with zero attached hydrogens (tertiary/aromatic N) is 2. The van der Waals surface area contributed by atoms with Crippen molar-refractivity contribution in [2.24, 2.45) is 23.2 Å². The van der Waals surface area contributed by atoms with Crippen molar-refractivity contribution >= 4 is 27.1 Å². The second-order valence-corrected chi connectivity index (χ2v) is 12.3. The molecule has 1 aromatic heterocycles. The van der Waals surface area contributed by atoms with Gasteiger partial charge in [0.15, 0.2) is 5.78 Å². The second-order valence-electron chi connectivity index (χ2n) is 9.23. The summed E-state index contributed by atoms with van der Waals surface area (Å²) in [4.78, 5) is 15.4. The molecular formula is C20H28N2O3S2. The average Bonchev–Trinajstić information content (AvgIpc) is 3.16. The molecule has 148 valence electrons. The Kier molecular flexibility index (Phi) is 4.50. The summed E-state index contributed by atoms with van der Waals surface area (Å²) in [5, 5.41) is 1.80. The molecule has 4 bridgehead atoms. The van der Waals surface area contributed by atoms with Gasteiger partial charge in [0.1, 0.15) is 4.21 Å². The monoisotopic (exact) mass is 408 g/mol. The summed E-state index contributed by atoms with van der Waals surface area (Å²) in [7, 11) is -3.37. The molecule has 1 saturated heterocycles. The minimum Gasteiger partial charge on any atom is -0.298 e. The molecule has 5 fully saturated rings. The van der Waals surface area contributed by atoms with E-state index in [4.69, 9.17) is 0 Å². The van der Waals surface area contributed by atoms with Crippen molar-refractivity contribution in [3.05, 3.63) is 17.5 Å². The minimum absolute atomic E-state index is 0.0467. The highest BCUT2D eigenvalue weighted by Gasteiger charge is 2.54. The van der Waals surface area contributed by atoms with Gasteiger partial charge in [0, 0.05) is 31.6 Å². The van der Waals surface area contributed by atoms with Crippen LogP contribution in [0.4, 0.5) is 0 Å². The van der Waals surface area contributed by atoms with E-state index in [2.05, 4.69) is 4.90 Å². The van der Waals surface area contributed by atoms with E-state index in [1.165, 1.54) is 30.6 Å². The highest BCUT2D eigenvalue weighted by atomic mass is 32.2. The first-order valence-electron chi connectivity index (χ1n) is 10.2. The lowest BCUT2D eigenvalue weighted by molar-refractivity contribution is -0.145. The molecule has 1 aliphatic heterocycles. The Morgan fingerprint density at radius 2 is 1.63 bits per heavy atom. The fourth-order valence-electron chi connectivity index (χ4n) is 6.49. The van der Waals surface area contributed by atoms with Gasteiger partial charge in [-0.3, -0.25) is 9.69 Å². The molecule has 0 spiro atoms. The van der Waals surface area contributed by atoms with Gasteiger partial charge in [0.05, 0.1) is 6.54 Å². The van der Waals surface area contributed by atoms with Crippen LogP contribution in [0.15, 0.2) is 21.7 Å². The van der Waals surface area contributed by atoms with Crippen LogP contribution >= 0.6 is 11.3 Å². The van der Waals surface area contributed by atoms with Crippen LogP contribution in [0.3, 0.4) is 0 Å². The van der Waals surface area contributed by atoms with E-state index in [9.17, 15) is 13.2 Å². The van der Waals surface area contributed by atoms with Crippen LogP contribution in [0.1, 0.15) is 38.5 Å². The second kappa shape index (κ2) is 6.65. The molecule has 0 radical (unpaired) electrons. The van der Waals surface area contributed by atoms with E-state index in [1.54, 1.807) is 21.8 Å². The quantitative estimate of drug-likeness (QED) is 0.752. The maximum Gasteiger partial charge on any atom is 0.252 e. The summed E-state index contributed by atoms with van der Waals surface area (Å²) in [6.07, 6.45) is 7.41. The molecule has 5 aliphatic rings. The summed E-state index contributed by atoms with van der Waals surface area (Å²) >= 11 is 1.27. The SMILES string of the molecule is O=C(CN1CCN(S(=O)(=O)c2cccs2)CC1)C12CC3CC(CC(C3)C1)C2. The van der Waals surface area contributed by atoms with Crippen LogP contribution < -0.4 is 0 Å². The zero-order chi connectivity index (χ0) is 18.6. The summed E-state index contributed by atoms with van der Waals surface area (Å²) < 4.78 is 27.3. The Balaban J connectivity index is 1.21. The van der Waals surface area contributed by atoms with Crippen LogP contribution in [0.2, 0.25) is 0 Å². The van der Waals surface area contributed by atoms with Crippen molar-refractivity contribution in [3.63, 3.8) is 0 Å². The molecular weight excluding hydrogens is 380 g/mol. The Hall–Kier alpha value is -0.760. The summed E-state index contributed by atoms with van der Waals surface area (Å²) in [5.41, 5.74) is -0.0467. The number of hydrogen-bond acceptors (Lipinski definition) is 5. The number of hydrogen-bond donors (Lipinski definition) is 0. The maximum atomic E-state index is 13.3. The molecule has 0 amide bonds. The zero-order valence-corrected chi connectivity index (χ0v) is 17.3. The van der Waals surface area contributed by atoms with Crippen LogP contribution in [0.5, 0.6) is 0 Å². The molecule has 0 aromatic carbocycles. The average molecular weight is 409 g/mol. The van der Waals surface area contributed by atoms with Crippen LogP contribution in [0.25, 0.3) is 0 Å². The number of rotatable bonds is 5. The molecule has 2 heterocycles. The van der Waals surface area contributed by atoms with Gasteiger partial charge in [-0.15, -0.1) is 11.3 Å². The first-order valence-corrected chi connectivity index (χ1v) is 12.6. The molecule has 7 heteroatoms. The van der Waals surface area contributed by atoms with Gasteiger partial charge < -0.3 is 0 Å². The van der Waals surface area contributed by atoms with Crippen molar-refractivity contribution in [2.45, 2.75) is 42.7 Å². The third kappa shape index (κ3) is 3.20. The molecule has 27 heavy (non-hydrogen) atoms. The Labute approximate surface area is 165 Å². The molecule has 1 aromatic rings. The van der Waals surface area contributed by atoms with Gasteiger partial charge in [-0.2, -0.15) is 4.31 Å². The van der Waals surface area contributed by atoms with Crippen molar-refractivity contribution in [3.8, 4) is 0 Å². The molecule has 0 atom stereocenters. The smallest absolute Gasteiger partial charge is 0.252 e. The Bertz CT molecular complexity index is 775. The summed E-state index contributed by atoms with van der Waals surface area (Å²) in [6, 6.07) is 3.45. The molecule has 4 saturated carbocycles. The van der Waals surface area contributed by atoms with Crippen molar-refractivity contribution in [2.75, 3.05) is 32.7 Å². The zero-order valence-electron chi connectivity index (χ0n) is 15.7. The standard InChI is InChI=1S/C20H28N2O3S2/c23-18(20-11-15-8-16(12-20)10-17(9-15)13-20)14-21-3-5-22(6-4-21)27(24,25)19-2-1-7-26-19/h1-2,7,15-17H,3-6,8-14H2. The number of Topliss-reactive ketones (excluding diaryl/α,β-unsaturated/α-hetero) is 1. The fraction of sp³-hybridized carbons (Fsp3) is 0.750. The predicted molar refractivity (Wildman–Crippen MR) is 105 cm³/mol. The van der Waals surface area contributed by atoms with E-state index < -0.39 is 10.0 Å². The Morgan fingerprint density at radius 3 is 2.15 bits per heavy atom. The number of thiophene rings is 1. The minimum atomic E-state index is -3.37. The molecule has 6 rings (SSSR count). The highest BCUT2D eigenvalue weighted by molar-refractivity contribution is 7.91. The van der Waals surface area contributed by atoms with E-state index in [1.807, 2.05) is 0 Å². The molecule has 0 unspecified atom stereocenters. The van der Waals surface area contributed by atoms with Crippen LogP contribution in [0, 0.1) is 23.2 Å². The third-order valence-corrected chi connectivity index (χ3v) is 10.7. The first-order chi connectivity index (χ1) is 12.9. The Morgan fingerprint density at radius 1 is 1.04 bits per heavy atom. The highest BCUT2D eigenvalue weighted by Crippen LogP contribution is 2.60. The van der Waals surface area contributed by atoms with Gasteiger partial charge >= 0.3 is 0 Å². The van der Waals surface area contributed by atoms with Gasteiger partial charge in [-0.25, -0.2) is 8.42 Å². The van der Waals surface area contributed by atoms with E-state index in [-0.39, 0.29) is 5.41 Å². The van der Waals surface area contributed by atoms with Gasteiger partial charge in [0.2, 0.25) is 0 Å². The van der Waals surface area contributed by atoms with E-state index >= 15 is 0 Å². The lowest BCUT2D eigenvalue weighted by atomic mass is 9.48. The summed E-state index contributed by atoms with van der Waals surface area (Å²) in [6.45, 7) is 2.78. The topological polar surface area (TPSA) is 57.7 Å². The molecule has 5 nitrogen and oxygen atoms in total. The largest absolute Gasteiger partial charge is 0.298 e. The maximum absolute atomic E-state index is 13.3. The van der Waals surface area contributed by atoms with Gasteiger partial charge in [0.25, 0.3) is 10.0 Å². The number of sulfonamides is 1. The first kappa shape index (κ1) is 18.3. The van der Waals surface area contributed by atoms with E-state index in [0.717, 1.165) is 37.0 Å². The number of piperazine rings is 1. The van der Waals surface area contributed by atoms with Gasteiger partial charge in [-0.05, 0) is 67.7 Å². The molecule has 0 N–H and O–H groups in total. The fourth-order valence-corrected chi connectivity index (χ4v) is 9.06. The van der Waals surface area contributed by atoms with Crippen molar-refractivity contribution in [1.29, 1.82) is 0 Å². The van der Waals surface area contributed by atoms with Crippen LogP contribution in [-0.4, -0.2) is 56.1 Å².